The third-order valence-electron chi connectivity index (χ3n) is 3.86. The molecule has 1 aromatic rings. The van der Waals surface area contributed by atoms with Crippen LogP contribution in [0.2, 0.25) is 0 Å². The summed E-state index contributed by atoms with van der Waals surface area (Å²) in [4.78, 5) is 23.8. The second-order valence-corrected chi connectivity index (χ2v) is 6.50. The van der Waals surface area contributed by atoms with E-state index in [9.17, 15) is 14.7 Å². The van der Waals surface area contributed by atoms with Crippen molar-refractivity contribution < 1.29 is 14.7 Å². The van der Waals surface area contributed by atoms with Gasteiger partial charge < -0.3 is 5.11 Å². The lowest BCUT2D eigenvalue weighted by Gasteiger charge is -2.28. The van der Waals surface area contributed by atoms with Crippen molar-refractivity contribution in [1.29, 1.82) is 0 Å². The number of rotatable bonds is 4. The summed E-state index contributed by atoms with van der Waals surface area (Å²) in [6.07, 6.45) is 2.95. The van der Waals surface area contributed by atoms with Gasteiger partial charge in [0.2, 0.25) is 0 Å². The summed E-state index contributed by atoms with van der Waals surface area (Å²) in [6, 6.07) is 7.23. The third kappa shape index (κ3) is 3.41. The predicted molar refractivity (Wildman–Crippen MR) is 80.8 cm³/mol. The molecule has 0 spiro atoms. The average molecular weight is 360 g/mol. The first kappa shape index (κ1) is 15.5. The molecule has 3 unspecified atom stereocenters. The summed E-state index contributed by atoms with van der Waals surface area (Å²) in [5.41, 5.74) is 0.717. The zero-order chi connectivity index (χ0) is 14.7. The lowest BCUT2D eigenvalue weighted by molar-refractivity contribution is -0.148. The fourth-order valence-electron chi connectivity index (χ4n) is 2.75. The van der Waals surface area contributed by atoms with Crippen molar-refractivity contribution in [2.24, 2.45) is 11.8 Å². The Morgan fingerprint density at radius 3 is 2.25 bits per heavy atom. The molecule has 108 valence electrons. The topological polar surface area (TPSA) is 54.4 Å². The highest BCUT2D eigenvalue weighted by Gasteiger charge is 2.38. The number of hydrogen-bond donors (Lipinski definition) is 1. The second kappa shape index (κ2) is 6.72. The van der Waals surface area contributed by atoms with Gasteiger partial charge in [0.1, 0.15) is 5.38 Å². The van der Waals surface area contributed by atoms with E-state index in [0.717, 1.165) is 22.9 Å². The maximum absolute atomic E-state index is 12.5. The van der Waals surface area contributed by atoms with Gasteiger partial charge >= 0.3 is 5.97 Å². The highest BCUT2D eigenvalue weighted by atomic mass is 79.9. The Kier molecular flexibility index (Phi) is 5.22. The summed E-state index contributed by atoms with van der Waals surface area (Å²) >= 11 is 9.59. The molecule has 0 aliphatic heterocycles. The standard InChI is InChI=1S/C15H16BrClO3/c16-10-7-5-9(6-8-10)13(17)14(18)11-3-1-2-4-12(11)15(19)20/h5-8,11-13H,1-4H2,(H,19,20). The highest BCUT2D eigenvalue weighted by Crippen LogP contribution is 2.36. The molecule has 1 fully saturated rings. The number of aliphatic carboxylic acids is 1. The van der Waals surface area contributed by atoms with Crippen molar-refractivity contribution in [3.8, 4) is 0 Å². The fraction of sp³-hybridized carbons (Fsp3) is 0.467. The first-order valence-electron chi connectivity index (χ1n) is 6.66. The van der Waals surface area contributed by atoms with E-state index in [-0.39, 0.29) is 5.78 Å². The van der Waals surface area contributed by atoms with Crippen LogP contribution in [0.4, 0.5) is 0 Å². The molecule has 3 atom stereocenters. The van der Waals surface area contributed by atoms with Crippen LogP contribution in [0, 0.1) is 11.8 Å². The zero-order valence-corrected chi connectivity index (χ0v) is 13.2. The quantitative estimate of drug-likeness (QED) is 0.820. The third-order valence-corrected chi connectivity index (χ3v) is 4.86. The van der Waals surface area contributed by atoms with Crippen molar-refractivity contribution in [3.05, 3.63) is 34.3 Å². The molecule has 0 heterocycles. The number of Topliss-reactive ketones (excluding diaryl/α,β-unsaturated/α-hetero) is 1. The van der Waals surface area contributed by atoms with Crippen molar-refractivity contribution in [1.82, 2.24) is 0 Å². The lowest BCUT2D eigenvalue weighted by atomic mass is 9.75. The number of carboxylic acid groups (broad SMARTS) is 1. The molecular formula is C15H16BrClO3. The van der Waals surface area contributed by atoms with Crippen LogP contribution in [-0.4, -0.2) is 16.9 Å². The molecule has 0 amide bonds. The molecule has 0 saturated heterocycles. The molecular weight excluding hydrogens is 344 g/mol. The SMILES string of the molecule is O=C(O)C1CCCCC1C(=O)C(Cl)c1ccc(Br)cc1. The van der Waals surface area contributed by atoms with Crippen molar-refractivity contribution >= 4 is 39.3 Å². The van der Waals surface area contributed by atoms with Crippen LogP contribution in [0.15, 0.2) is 28.7 Å². The average Bonchev–Trinajstić information content (AvgIpc) is 2.46. The number of ketones is 1. The molecule has 20 heavy (non-hydrogen) atoms. The maximum atomic E-state index is 12.5. The number of halogens is 2. The fourth-order valence-corrected chi connectivity index (χ4v) is 3.32. The van der Waals surface area contributed by atoms with E-state index in [2.05, 4.69) is 15.9 Å². The van der Waals surface area contributed by atoms with Crippen molar-refractivity contribution in [3.63, 3.8) is 0 Å². The minimum absolute atomic E-state index is 0.166. The zero-order valence-electron chi connectivity index (χ0n) is 10.9. The van der Waals surface area contributed by atoms with Crippen LogP contribution in [0.25, 0.3) is 0 Å². The van der Waals surface area contributed by atoms with Crippen molar-refractivity contribution in [2.45, 2.75) is 31.1 Å². The normalized spacial score (nSPS) is 24.1. The van der Waals surface area contributed by atoms with Gasteiger partial charge in [-0.1, -0.05) is 40.9 Å². The van der Waals surface area contributed by atoms with Gasteiger partial charge in [0.15, 0.2) is 5.78 Å². The molecule has 0 radical (unpaired) electrons. The van der Waals surface area contributed by atoms with Crippen LogP contribution < -0.4 is 0 Å². The van der Waals surface area contributed by atoms with Crippen LogP contribution in [0.5, 0.6) is 0 Å². The van der Waals surface area contributed by atoms with Crippen LogP contribution in [-0.2, 0) is 9.59 Å². The molecule has 1 N–H and O–H groups in total. The van der Waals surface area contributed by atoms with Gasteiger partial charge in [0.05, 0.1) is 5.92 Å². The minimum Gasteiger partial charge on any atom is -0.481 e. The second-order valence-electron chi connectivity index (χ2n) is 5.15. The number of carboxylic acids is 1. The molecule has 1 saturated carbocycles. The summed E-state index contributed by atoms with van der Waals surface area (Å²) in [5, 5.41) is 8.47. The van der Waals surface area contributed by atoms with E-state index in [4.69, 9.17) is 11.6 Å². The van der Waals surface area contributed by atoms with Gasteiger partial charge in [-0.3, -0.25) is 9.59 Å². The van der Waals surface area contributed by atoms with E-state index in [1.165, 1.54) is 0 Å². The van der Waals surface area contributed by atoms with E-state index in [1.54, 1.807) is 12.1 Å². The number of hydrogen-bond acceptors (Lipinski definition) is 2. The number of carbonyl (C=O) groups excluding carboxylic acids is 1. The first-order chi connectivity index (χ1) is 9.50. The Morgan fingerprint density at radius 2 is 1.70 bits per heavy atom. The maximum Gasteiger partial charge on any atom is 0.307 e. The molecule has 3 nitrogen and oxygen atoms in total. The molecule has 1 aliphatic carbocycles. The molecule has 0 aromatic heterocycles. The monoisotopic (exact) mass is 358 g/mol. The molecule has 0 bridgehead atoms. The smallest absolute Gasteiger partial charge is 0.307 e. The van der Waals surface area contributed by atoms with Gasteiger partial charge in [-0.15, -0.1) is 11.6 Å². The van der Waals surface area contributed by atoms with Crippen LogP contribution >= 0.6 is 27.5 Å². The number of alkyl halides is 1. The minimum atomic E-state index is -0.886. The van der Waals surface area contributed by atoms with Crippen molar-refractivity contribution in [2.75, 3.05) is 0 Å². The molecule has 1 aromatic carbocycles. The highest BCUT2D eigenvalue weighted by molar-refractivity contribution is 9.10. The summed E-state index contributed by atoms with van der Waals surface area (Å²) in [5.74, 6) is -2.11. The number of carbonyl (C=O) groups is 2. The molecule has 1 aliphatic rings. The number of benzene rings is 1. The van der Waals surface area contributed by atoms with Gasteiger partial charge in [0, 0.05) is 10.4 Å². The Balaban J connectivity index is 2.16. The van der Waals surface area contributed by atoms with E-state index in [0.29, 0.717) is 12.8 Å². The summed E-state index contributed by atoms with van der Waals surface area (Å²) < 4.78 is 0.915. The Labute approximate surface area is 131 Å². The van der Waals surface area contributed by atoms with Gasteiger partial charge in [-0.05, 0) is 30.5 Å². The Hall–Kier alpha value is -0.870. The predicted octanol–water partition coefficient (Wildman–Crippen LogP) is 4.19. The van der Waals surface area contributed by atoms with Crippen LogP contribution in [0.1, 0.15) is 36.6 Å². The van der Waals surface area contributed by atoms with E-state index < -0.39 is 23.2 Å². The molecule has 5 heteroatoms. The van der Waals surface area contributed by atoms with Gasteiger partial charge in [-0.2, -0.15) is 0 Å². The van der Waals surface area contributed by atoms with Gasteiger partial charge in [-0.25, -0.2) is 0 Å². The van der Waals surface area contributed by atoms with Crippen LogP contribution in [0.3, 0.4) is 0 Å². The van der Waals surface area contributed by atoms with E-state index >= 15 is 0 Å². The van der Waals surface area contributed by atoms with E-state index in [1.807, 2.05) is 12.1 Å². The Bertz CT molecular complexity index is 500. The first-order valence-corrected chi connectivity index (χ1v) is 7.89. The largest absolute Gasteiger partial charge is 0.481 e. The lowest BCUT2D eigenvalue weighted by Crippen LogP contribution is -2.34. The summed E-state index contributed by atoms with van der Waals surface area (Å²) in [6.45, 7) is 0. The molecule has 2 rings (SSSR count). The van der Waals surface area contributed by atoms with Gasteiger partial charge in [0.25, 0.3) is 0 Å². The Morgan fingerprint density at radius 1 is 1.15 bits per heavy atom. The summed E-state index contributed by atoms with van der Waals surface area (Å²) in [7, 11) is 0.